The van der Waals surface area contributed by atoms with Gasteiger partial charge in [-0.1, -0.05) is 6.07 Å². The van der Waals surface area contributed by atoms with Crippen molar-refractivity contribution in [3.05, 3.63) is 41.7 Å². The standard InChI is InChI=1S/C14H17N7S/c1-8-6-9(2)19-14(18-8)22-11-5-3-4-10(7-11)20-13(17)21-12(15)16/h3-7H,1-2H3,(H6,15,16,17,20,21). The van der Waals surface area contributed by atoms with Crippen LogP contribution < -0.4 is 17.2 Å². The number of hydrogen-bond donors (Lipinski definition) is 3. The van der Waals surface area contributed by atoms with E-state index < -0.39 is 0 Å². The van der Waals surface area contributed by atoms with Crippen LogP contribution >= 0.6 is 11.8 Å². The van der Waals surface area contributed by atoms with E-state index in [9.17, 15) is 0 Å². The predicted octanol–water partition coefficient (Wildman–Crippen LogP) is 1.46. The molecule has 2 aromatic rings. The molecule has 22 heavy (non-hydrogen) atoms. The van der Waals surface area contributed by atoms with E-state index in [0.717, 1.165) is 16.3 Å². The van der Waals surface area contributed by atoms with Crippen molar-refractivity contribution >= 4 is 29.4 Å². The molecule has 0 aliphatic carbocycles. The van der Waals surface area contributed by atoms with Crippen molar-refractivity contribution in [1.29, 1.82) is 0 Å². The zero-order valence-corrected chi connectivity index (χ0v) is 13.1. The van der Waals surface area contributed by atoms with Gasteiger partial charge in [-0.05, 0) is 49.9 Å². The van der Waals surface area contributed by atoms with Crippen LogP contribution in [0, 0.1) is 13.8 Å². The summed E-state index contributed by atoms with van der Waals surface area (Å²) in [6.45, 7) is 3.88. The average molecular weight is 315 g/mol. The fourth-order valence-corrected chi connectivity index (χ4v) is 2.67. The summed E-state index contributed by atoms with van der Waals surface area (Å²) >= 11 is 1.45. The molecule has 0 aliphatic heterocycles. The van der Waals surface area contributed by atoms with Crippen molar-refractivity contribution in [3.63, 3.8) is 0 Å². The lowest BCUT2D eigenvalue weighted by Gasteiger charge is -2.04. The largest absolute Gasteiger partial charge is 0.370 e. The van der Waals surface area contributed by atoms with E-state index in [1.165, 1.54) is 11.8 Å². The Balaban J connectivity index is 2.23. The maximum absolute atomic E-state index is 5.62. The van der Waals surface area contributed by atoms with Crippen molar-refractivity contribution in [3.8, 4) is 0 Å². The minimum Gasteiger partial charge on any atom is -0.370 e. The average Bonchev–Trinajstić information content (AvgIpc) is 2.36. The van der Waals surface area contributed by atoms with E-state index >= 15 is 0 Å². The molecule has 0 saturated heterocycles. The Kier molecular flexibility index (Phi) is 4.95. The lowest BCUT2D eigenvalue weighted by molar-refractivity contribution is 0.902. The van der Waals surface area contributed by atoms with Gasteiger partial charge in [0.2, 0.25) is 5.96 Å². The molecule has 6 N–H and O–H groups in total. The molecule has 1 aromatic carbocycles. The summed E-state index contributed by atoms with van der Waals surface area (Å²) in [5.74, 6) is -0.125. The Labute approximate surface area is 132 Å². The highest BCUT2D eigenvalue weighted by Gasteiger charge is 2.04. The lowest BCUT2D eigenvalue weighted by Crippen LogP contribution is -2.26. The van der Waals surface area contributed by atoms with Crippen molar-refractivity contribution < 1.29 is 0 Å². The van der Waals surface area contributed by atoms with E-state index in [1.54, 1.807) is 0 Å². The quantitative estimate of drug-likeness (QED) is 0.447. The van der Waals surface area contributed by atoms with Crippen LogP contribution in [0.25, 0.3) is 0 Å². The highest BCUT2D eigenvalue weighted by molar-refractivity contribution is 7.99. The Hall–Kier alpha value is -2.61. The molecule has 114 valence electrons. The van der Waals surface area contributed by atoms with Gasteiger partial charge < -0.3 is 17.2 Å². The number of nitrogens with two attached hydrogens (primary N) is 3. The second-order valence-electron chi connectivity index (χ2n) is 4.54. The van der Waals surface area contributed by atoms with Crippen molar-refractivity contribution in [2.24, 2.45) is 27.2 Å². The van der Waals surface area contributed by atoms with Crippen molar-refractivity contribution in [2.75, 3.05) is 0 Å². The van der Waals surface area contributed by atoms with Crippen LogP contribution in [0.3, 0.4) is 0 Å². The summed E-state index contributed by atoms with van der Waals surface area (Å²) in [7, 11) is 0. The monoisotopic (exact) mass is 315 g/mol. The Morgan fingerprint density at radius 2 is 1.73 bits per heavy atom. The highest BCUT2D eigenvalue weighted by Crippen LogP contribution is 2.28. The third-order valence-electron chi connectivity index (χ3n) is 2.48. The molecular weight excluding hydrogens is 298 g/mol. The van der Waals surface area contributed by atoms with Crippen molar-refractivity contribution in [1.82, 2.24) is 9.97 Å². The predicted molar refractivity (Wildman–Crippen MR) is 89.2 cm³/mol. The van der Waals surface area contributed by atoms with Crippen LogP contribution in [0.2, 0.25) is 0 Å². The molecule has 0 fully saturated rings. The summed E-state index contributed by atoms with van der Waals surface area (Å²) in [6, 6.07) is 9.41. The van der Waals surface area contributed by atoms with Gasteiger partial charge in [-0.25, -0.2) is 15.0 Å². The zero-order chi connectivity index (χ0) is 16.1. The molecule has 1 aromatic heterocycles. The molecule has 0 atom stereocenters. The van der Waals surface area contributed by atoms with Crippen LogP contribution in [0.4, 0.5) is 5.69 Å². The zero-order valence-electron chi connectivity index (χ0n) is 12.3. The molecule has 0 bridgehead atoms. The summed E-state index contributed by atoms with van der Waals surface area (Å²) < 4.78 is 0. The molecule has 0 aliphatic rings. The number of hydrogen-bond acceptors (Lipinski definition) is 4. The van der Waals surface area contributed by atoms with Crippen LogP contribution in [0.15, 0.2) is 50.4 Å². The third kappa shape index (κ3) is 4.74. The third-order valence-corrected chi connectivity index (χ3v) is 3.33. The van der Waals surface area contributed by atoms with Gasteiger partial charge in [0, 0.05) is 16.3 Å². The summed E-state index contributed by atoms with van der Waals surface area (Å²) in [6.07, 6.45) is 0. The van der Waals surface area contributed by atoms with Crippen molar-refractivity contribution in [2.45, 2.75) is 23.9 Å². The van der Waals surface area contributed by atoms with Gasteiger partial charge in [0.15, 0.2) is 11.1 Å². The molecular formula is C14H17N7S. The van der Waals surface area contributed by atoms with Gasteiger partial charge >= 0.3 is 0 Å². The lowest BCUT2D eigenvalue weighted by atomic mass is 10.3. The molecule has 0 spiro atoms. The Morgan fingerprint density at radius 1 is 1.05 bits per heavy atom. The van der Waals surface area contributed by atoms with Crippen LogP contribution in [0.1, 0.15) is 11.4 Å². The highest BCUT2D eigenvalue weighted by atomic mass is 32.2. The van der Waals surface area contributed by atoms with E-state index in [2.05, 4.69) is 20.0 Å². The first-order valence-corrected chi connectivity index (χ1v) is 7.28. The van der Waals surface area contributed by atoms with Crippen LogP contribution in [-0.4, -0.2) is 21.9 Å². The summed E-state index contributed by atoms with van der Waals surface area (Å²) in [4.78, 5) is 17.5. The first kappa shape index (κ1) is 15.8. The second-order valence-corrected chi connectivity index (χ2v) is 5.58. The smallest absolute Gasteiger partial charge is 0.223 e. The molecule has 0 amide bonds. The molecule has 7 nitrogen and oxygen atoms in total. The normalized spacial score (nSPS) is 11.3. The maximum Gasteiger partial charge on any atom is 0.223 e. The maximum atomic E-state index is 5.62. The molecule has 2 rings (SSSR count). The molecule has 0 unspecified atom stereocenters. The Bertz CT molecular complexity index is 715. The number of guanidine groups is 2. The molecule has 1 heterocycles. The van der Waals surface area contributed by atoms with E-state index in [-0.39, 0.29) is 11.9 Å². The second kappa shape index (κ2) is 6.90. The molecule has 8 heteroatoms. The van der Waals surface area contributed by atoms with E-state index in [4.69, 9.17) is 17.2 Å². The topological polar surface area (TPSA) is 129 Å². The fourth-order valence-electron chi connectivity index (χ4n) is 1.75. The number of rotatable bonds is 3. The number of nitrogens with zero attached hydrogens (tertiary/aromatic N) is 4. The minimum atomic E-state index is -0.129. The van der Waals surface area contributed by atoms with Gasteiger partial charge in [-0.15, -0.1) is 0 Å². The van der Waals surface area contributed by atoms with Crippen LogP contribution in [-0.2, 0) is 0 Å². The molecule has 0 radical (unpaired) electrons. The Morgan fingerprint density at radius 3 is 2.36 bits per heavy atom. The number of aromatic nitrogens is 2. The first-order chi connectivity index (χ1) is 10.4. The van der Waals surface area contributed by atoms with Gasteiger partial charge in [0.1, 0.15) is 0 Å². The van der Waals surface area contributed by atoms with Gasteiger partial charge in [-0.2, -0.15) is 4.99 Å². The number of benzene rings is 1. The fraction of sp³-hybridized carbons (Fsp3) is 0.143. The SMILES string of the molecule is Cc1cc(C)nc(Sc2cccc(N=C(N)N=C(N)N)c2)n1. The van der Waals surface area contributed by atoms with Gasteiger partial charge in [0.05, 0.1) is 5.69 Å². The van der Waals surface area contributed by atoms with Gasteiger partial charge in [0.25, 0.3) is 0 Å². The minimum absolute atomic E-state index is 0.00444. The van der Waals surface area contributed by atoms with E-state index in [0.29, 0.717) is 10.8 Å². The van der Waals surface area contributed by atoms with Crippen LogP contribution in [0.5, 0.6) is 0 Å². The number of aryl methyl sites for hydroxylation is 2. The number of aliphatic imine (C=N–C) groups is 2. The van der Waals surface area contributed by atoms with Gasteiger partial charge in [-0.3, -0.25) is 0 Å². The first-order valence-electron chi connectivity index (χ1n) is 6.46. The molecule has 0 saturated carbocycles. The summed E-state index contributed by atoms with van der Waals surface area (Å²) in [5, 5.41) is 0.691. The van der Waals surface area contributed by atoms with E-state index in [1.807, 2.05) is 44.2 Å². The summed E-state index contributed by atoms with van der Waals surface area (Å²) in [5.41, 5.74) is 18.6.